The van der Waals surface area contributed by atoms with Crippen molar-refractivity contribution in [2.45, 2.75) is 51.5 Å². The second-order valence-corrected chi connectivity index (χ2v) is 9.02. The van der Waals surface area contributed by atoms with Crippen molar-refractivity contribution in [2.24, 2.45) is 4.99 Å². The number of hydrogen-bond donors (Lipinski definition) is 2. The van der Waals surface area contributed by atoms with Crippen LogP contribution in [0.5, 0.6) is 0 Å². The summed E-state index contributed by atoms with van der Waals surface area (Å²) in [5.41, 5.74) is 1.93. The zero-order valence-electron chi connectivity index (χ0n) is 15.6. The first-order chi connectivity index (χ1) is 12.6. The van der Waals surface area contributed by atoms with Crippen LogP contribution in [0.1, 0.15) is 44.6 Å². The summed E-state index contributed by atoms with van der Waals surface area (Å²) < 4.78 is 27.0. The number of guanidine groups is 1. The van der Waals surface area contributed by atoms with E-state index in [4.69, 9.17) is 0 Å². The minimum absolute atomic E-state index is 0.0303. The van der Waals surface area contributed by atoms with Gasteiger partial charge in [0.2, 0.25) is 10.0 Å². The van der Waals surface area contributed by atoms with Gasteiger partial charge in [0.1, 0.15) is 0 Å². The van der Waals surface area contributed by atoms with Gasteiger partial charge >= 0.3 is 0 Å². The topological polar surface area (TPSA) is 73.8 Å². The molecule has 2 N–H and O–H groups in total. The van der Waals surface area contributed by atoms with E-state index in [2.05, 4.69) is 15.6 Å². The predicted molar refractivity (Wildman–Crippen MR) is 107 cm³/mol. The van der Waals surface area contributed by atoms with Crippen LogP contribution in [0.2, 0.25) is 0 Å². The summed E-state index contributed by atoms with van der Waals surface area (Å²) in [6, 6.07) is 8.18. The number of fused-ring (bicyclic) bond motifs is 1. The fraction of sp³-hybridized carbons (Fsp3) is 0.632. The number of sulfonamides is 1. The van der Waals surface area contributed by atoms with E-state index < -0.39 is 10.0 Å². The lowest BCUT2D eigenvalue weighted by Gasteiger charge is -2.25. The maximum atomic E-state index is 12.7. The second-order valence-electron chi connectivity index (χ2n) is 7.01. The molecule has 2 aliphatic rings. The monoisotopic (exact) mass is 378 g/mol. The van der Waals surface area contributed by atoms with Crippen LogP contribution in [0.4, 0.5) is 5.69 Å². The molecular weight excluding hydrogens is 348 g/mol. The van der Waals surface area contributed by atoms with E-state index in [1.807, 2.05) is 31.2 Å². The Kier molecular flexibility index (Phi) is 6.40. The van der Waals surface area contributed by atoms with Gasteiger partial charge in [-0.2, -0.15) is 0 Å². The number of aliphatic imine (C=N–C) groups is 1. The molecule has 1 heterocycles. The Bertz CT molecular complexity index is 727. The standard InChI is InChI=1S/C19H30N4O2S/c1-2-20-19(22-17-9-4-3-5-10-17)21-13-15-26(24,25)23-14-12-16-8-6-7-11-18(16)23/h6-8,11,17H,2-5,9-10,12-15H2,1H3,(H2,20,21,22). The Morgan fingerprint density at radius 1 is 1.23 bits per heavy atom. The zero-order valence-corrected chi connectivity index (χ0v) is 16.4. The molecule has 0 saturated heterocycles. The number of rotatable bonds is 6. The van der Waals surface area contributed by atoms with Crippen molar-refractivity contribution < 1.29 is 8.42 Å². The molecule has 1 fully saturated rings. The number of nitrogens with one attached hydrogen (secondary N) is 2. The highest BCUT2D eigenvalue weighted by Gasteiger charge is 2.28. The SMILES string of the molecule is CCNC(=NCCS(=O)(=O)N1CCc2ccccc21)NC1CCCCC1. The normalized spacial score (nSPS) is 18.7. The second kappa shape index (κ2) is 8.75. The summed E-state index contributed by atoms with van der Waals surface area (Å²) in [7, 11) is -3.35. The first-order valence-electron chi connectivity index (χ1n) is 9.73. The van der Waals surface area contributed by atoms with Crippen molar-refractivity contribution in [1.29, 1.82) is 0 Å². The fourth-order valence-corrected chi connectivity index (χ4v) is 5.13. The summed E-state index contributed by atoms with van der Waals surface area (Å²) in [4.78, 5) is 4.51. The lowest BCUT2D eigenvalue weighted by atomic mass is 9.96. The number of hydrogen-bond acceptors (Lipinski definition) is 3. The van der Waals surface area contributed by atoms with Crippen LogP contribution in [0.3, 0.4) is 0 Å². The Morgan fingerprint density at radius 3 is 2.77 bits per heavy atom. The van der Waals surface area contributed by atoms with Crippen LogP contribution in [0.15, 0.2) is 29.3 Å². The molecule has 0 unspecified atom stereocenters. The molecule has 26 heavy (non-hydrogen) atoms. The van der Waals surface area contributed by atoms with Gasteiger partial charge in [0.15, 0.2) is 5.96 Å². The van der Waals surface area contributed by atoms with Gasteiger partial charge in [0, 0.05) is 19.1 Å². The van der Waals surface area contributed by atoms with E-state index >= 15 is 0 Å². The van der Waals surface area contributed by atoms with Gasteiger partial charge in [0.25, 0.3) is 0 Å². The number of para-hydroxylation sites is 1. The molecule has 1 aromatic rings. The van der Waals surface area contributed by atoms with E-state index in [9.17, 15) is 8.42 Å². The van der Waals surface area contributed by atoms with E-state index in [0.717, 1.165) is 43.0 Å². The molecule has 0 bridgehead atoms. The summed E-state index contributed by atoms with van der Waals surface area (Å²) in [6.45, 7) is 3.59. The summed E-state index contributed by atoms with van der Waals surface area (Å²) >= 11 is 0. The van der Waals surface area contributed by atoms with E-state index in [0.29, 0.717) is 12.6 Å². The Hall–Kier alpha value is -1.76. The lowest BCUT2D eigenvalue weighted by molar-refractivity contribution is 0.410. The highest BCUT2D eigenvalue weighted by atomic mass is 32.2. The molecule has 0 amide bonds. The molecule has 0 spiro atoms. The van der Waals surface area contributed by atoms with Crippen molar-refractivity contribution in [3.8, 4) is 0 Å². The van der Waals surface area contributed by atoms with Crippen LogP contribution in [-0.4, -0.2) is 45.8 Å². The highest BCUT2D eigenvalue weighted by Crippen LogP contribution is 2.29. The Balaban J connectivity index is 1.59. The number of benzene rings is 1. The summed E-state index contributed by atoms with van der Waals surface area (Å²) in [5.74, 6) is 0.763. The predicted octanol–water partition coefficient (Wildman–Crippen LogP) is 2.27. The molecule has 7 heteroatoms. The van der Waals surface area contributed by atoms with Crippen molar-refractivity contribution in [3.05, 3.63) is 29.8 Å². The summed E-state index contributed by atoms with van der Waals surface area (Å²) in [6.07, 6.45) is 6.91. The minimum atomic E-state index is -3.35. The average Bonchev–Trinajstić information content (AvgIpc) is 3.08. The first-order valence-corrected chi connectivity index (χ1v) is 11.3. The van der Waals surface area contributed by atoms with Crippen LogP contribution in [0, 0.1) is 0 Å². The van der Waals surface area contributed by atoms with Crippen LogP contribution in [0.25, 0.3) is 0 Å². The van der Waals surface area contributed by atoms with Gasteiger partial charge in [-0.05, 0) is 37.8 Å². The van der Waals surface area contributed by atoms with E-state index in [1.165, 1.54) is 19.3 Å². The van der Waals surface area contributed by atoms with Gasteiger partial charge in [-0.3, -0.25) is 9.30 Å². The van der Waals surface area contributed by atoms with Crippen LogP contribution in [-0.2, 0) is 16.4 Å². The molecule has 1 aliphatic carbocycles. The third-order valence-corrected chi connectivity index (χ3v) is 6.84. The quantitative estimate of drug-likeness (QED) is 0.588. The third kappa shape index (κ3) is 4.69. The molecule has 144 valence electrons. The van der Waals surface area contributed by atoms with Crippen molar-refractivity contribution in [3.63, 3.8) is 0 Å². The maximum Gasteiger partial charge on any atom is 0.237 e. The molecule has 0 aromatic heterocycles. The maximum absolute atomic E-state index is 12.7. The molecule has 1 aromatic carbocycles. The first kappa shape index (κ1) is 19.0. The zero-order chi connectivity index (χ0) is 18.4. The van der Waals surface area contributed by atoms with E-state index in [-0.39, 0.29) is 12.3 Å². The molecular formula is C19H30N4O2S. The molecule has 0 radical (unpaired) electrons. The smallest absolute Gasteiger partial charge is 0.237 e. The minimum Gasteiger partial charge on any atom is -0.357 e. The Labute approximate surface area is 157 Å². The van der Waals surface area contributed by atoms with Gasteiger partial charge in [0.05, 0.1) is 18.0 Å². The fourth-order valence-electron chi connectivity index (χ4n) is 3.74. The van der Waals surface area contributed by atoms with Crippen molar-refractivity contribution >= 4 is 21.7 Å². The lowest BCUT2D eigenvalue weighted by Crippen LogP contribution is -2.44. The molecule has 6 nitrogen and oxygen atoms in total. The molecule has 1 aliphatic heterocycles. The largest absolute Gasteiger partial charge is 0.357 e. The van der Waals surface area contributed by atoms with Gasteiger partial charge in [-0.25, -0.2) is 8.42 Å². The van der Waals surface area contributed by atoms with Gasteiger partial charge < -0.3 is 10.6 Å². The van der Waals surface area contributed by atoms with Crippen molar-refractivity contribution in [1.82, 2.24) is 10.6 Å². The number of nitrogens with zero attached hydrogens (tertiary/aromatic N) is 2. The van der Waals surface area contributed by atoms with Crippen LogP contribution >= 0.6 is 0 Å². The molecule has 0 atom stereocenters. The van der Waals surface area contributed by atoms with Gasteiger partial charge in [-0.15, -0.1) is 0 Å². The van der Waals surface area contributed by atoms with Crippen LogP contribution < -0.4 is 14.9 Å². The molecule has 3 rings (SSSR count). The summed E-state index contributed by atoms with van der Waals surface area (Å²) in [5, 5.41) is 6.69. The highest BCUT2D eigenvalue weighted by molar-refractivity contribution is 7.92. The van der Waals surface area contributed by atoms with Crippen molar-refractivity contribution in [2.75, 3.05) is 29.7 Å². The average molecular weight is 379 g/mol. The third-order valence-electron chi connectivity index (χ3n) is 5.09. The number of anilines is 1. The molecule has 1 saturated carbocycles. The van der Waals surface area contributed by atoms with Gasteiger partial charge in [-0.1, -0.05) is 37.5 Å². The van der Waals surface area contributed by atoms with E-state index in [1.54, 1.807) is 4.31 Å². The Morgan fingerprint density at radius 2 is 2.00 bits per heavy atom.